The first-order valence-corrected chi connectivity index (χ1v) is 12.4. The Hall–Kier alpha value is -4.97. The van der Waals surface area contributed by atoms with Gasteiger partial charge in [0.05, 0.1) is 0 Å². The van der Waals surface area contributed by atoms with Gasteiger partial charge < -0.3 is 10.6 Å². The van der Waals surface area contributed by atoms with Crippen molar-refractivity contribution in [3.05, 3.63) is 107 Å². The minimum atomic E-state index is -0.878. The maximum atomic E-state index is 13.6. The maximum Gasteiger partial charge on any atom is 0.251 e. The number of carbonyl (C=O) groups excluding carboxylic acids is 2. The van der Waals surface area contributed by atoms with Crippen molar-refractivity contribution in [3.8, 4) is 11.4 Å². The van der Waals surface area contributed by atoms with Crippen LogP contribution in [0.3, 0.4) is 0 Å². The van der Waals surface area contributed by atoms with Gasteiger partial charge in [-0.3, -0.25) is 9.59 Å². The number of aromatic amines is 1. The summed E-state index contributed by atoms with van der Waals surface area (Å²) >= 11 is 6.16. The second-order valence-corrected chi connectivity index (χ2v) is 9.13. The Kier molecular flexibility index (Phi) is 7.93. The number of amides is 2. The van der Waals surface area contributed by atoms with Gasteiger partial charge in [-0.1, -0.05) is 66.2 Å². The highest BCUT2D eigenvalue weighted by Crippen LogP contribution is 2.17. The largest absolute Gasteiger partial charge is 0.340 e. The van der Waals surface area contributed by atoms with Gasteiger partial charge >= 0.3 is 0 Å². The zero-order valence-corrected chi connectivity index (χ0v) is 21.2. The molecule has 0 aliphatic heterocycles. The van der Waals surface area contributed by atoms with Crippen LogP contribution in [0.2, 0.25) is 5.02 Å². The van der Waals surface area contributed by atoms with Crippen LogP contribution in [0, 0.1) is 0 Å². The standard InChI is InChI=1S/C26H23ClN10O2/c27-21-8-4-7-18(13-21)15-23(37-16-28-33-36-37)30-26(39)22(14-17-5-2-1-3-6-17)29-25(38)20-11-9-19(10-12-20)24-31-34-35-32-24/h1-13,16,22-23H,14-15H2,(H,29,38)(H,30,39)(H,31,32,34,35). The second kappa shape index (κ2) is 12.0. The van der Waals surface area contributed by atoms with E-state index in [9.17, 15) is 9.59 Å². The van der Waals surface area contributed by atoms with Crippen LogP contribution in [-0.2, 0) is 17.6 Å². The molecule has 2 atom stereocenters. The normalized spacial score (nSPS) is 12.4. The third kappa shape index (κ3) is 6.67. The van der Waals surface area contributed by atoms with E-state index >= 15 is 0 Å². The molecule has 196 valence electrons. The Morgan fingerprint density at radius 1 is 0.897 bits per heavy atom. The molecule has 3 aromatic carbocycles. The van der Waals surface area contributed by atoms with Gasteiger partial charge in [0.15, 0.2) is 5.82 Å². The Morgan fingerprint density at radius 3 is 2.38 bits per heavy atom. The second-order valence-electron chi connectivity index (χ2n) is 8.69. The fourth-order valence-corrected chi connectivity index (χ4v) is 4.25. The molecule has 2 heterocycles. The summed E-state index contributed by atoms with van der Waals surface area (Å²) in [5.41, 5.74) is 2.88. The molecule has 0 bridgehead atoms. The number of tetrazole rings is 2. The van der Waals surface area contributed by atoms with E-state index in [1.54, 1.807) is 30.3 Å². The third-order valence-electron chi connectivity index (χ3n) is 5.98. The summed E-state index contributed by atoms with van der Waals surface area (Å²) in [5.74, 6) is -0.308. The van der Waals surface area contributed by atoms with Crippen LogP contribution in [0.1, 0.15) is 27.7 Å². The summed E-state index contributed by atoms with van der Waals surface area (Å²) in [5, 5.41) is 31.5. The molecule has 12 nitrogen and oxygen atoms in total. The first kappa shape index (κ1) is 25.7. The Bertz CT molecular complexity index is 1510. The third-order valence-corrected chi connectivity index (χ3v) is 6.22. The molecule has 0 saturated carbocycles. The number of halogens is 1. The van der Waals surface area contributed by atoms with E-state index in [-0.39, 0.29) is 12.3 Å². The first-order chi connectivity index (χ1) is 19.0. The molecule has 5 rings (SSSR count). The van der Waals surface area contributed by atoms with E-state index in [4.69, 9.17) is 11.6 Å². The molecule has 0 saturated heterocycles. The molecule has 0 aliphatic carbocycles. The quantitative estimate of drug-likeness (QED) is 0.243. The van der Waals surface area contributed by atoms with Gasteiger partial charge in [0.2, 0.25) is 5.91 Å². The molecule has 2 unspecified atom stereocenters. The van der Waals surface area contributed by atoms with Crippen molar-refractivity contribution in [2.45, 2.75) is 25.0 Å². The van der Waals surface area contributed by atoms with Gasteiger partial charge in [-0.15, -0.1) is 10.2 Å². The highest BCUT2D eigenvalue weighted by atomic mass is 35.5. The summed E-state index contributed by atoms with van der Waals surface area (Å²) in [6.45, 7) is 0. The average Bonchev–Trinajstić information content (AvgIpc) is 3.68. The zero-order chi connectivity index (χ0) is 27.0. The number of nitrogens with zero attached hydrogens (tertiary/aromatic N) is 7. The lowest BCUT2D eigenvalue weighted by atomic mass is 10.0. The van der Waals surface area contributed by atoms with Crippen LogP contribution in [-0.4, -0.2) is 58.7 Å². The van der Waals surface area contributed by atoms with Crippen LogP contribution in [0.25, 0.3) is 11.4 Å². The smallest absolute Gasteiger partial charge is 0.251 e. The molecule has 0 aliphatic rings. The topological polar surface area (TPSA) is 156 Å². The van der Waals surface area contributed by atoms with Crippen LogP contribution < -0.4 is 10.6 Å². The van der Waals surface area contributed by atoms with Crippen molar-refractivity contribution in [2.24, 2.45) is 0 Å². The van der Waals surface area contributed by atoms with Crippen molar-refractivity contribution in [3.63, 3.8) is 0 Å². The highest BCUT2D eigenvalue weighted by Gasteiger charge is 2.26. The van der Waals surface area contributed by atoms with E-state index in [0.29, 0.717) is 22.8 Å². The summed E-state index contributed by atoms with van der Waals surface area (Å²) in [4.78, 5) is 26.8. The SMILES string of the molecule is O=C(NC(Cc1ccccc1)C(=O)NC(Cc1cccc(Cl)c1)n1cnnn1)c1ccc(-c2nnn[nH]2)cc1. The minimum Gasteiger partial charge on any atom is -0.340 e. The number of rotatable bonds is 10. The van der Waals surface area contributed by atoms with Gasteiger partial charge in [0.25, 0.3) is 5.91 Å². The molecular weight excluding hydrogens is 520 g/mol. The van der Waals surface area contributed by atoms with Crippen molar-refractivity contribution in [1.82, 2.24) is 51.5 Å². The minimum absolute atomic E-state index is 0.278. The van der Waals surface area contributed by atoms with Crippen molar-refractivity contribution in [1.29, 1.82) is 0 Å². The molecule has 2 aromatic heterocycles. The zero-order valence-electron chi connectivity index (χ0n) is 20.5. The summed E-state index contributed by atoms with van der Waals surface area (Å²) < 4.78 is 1.46. The average molecular weight is 543 g/mol. The van der Waals surface area contributed by atoms with Gasteiger partial charge in [0, 0.05) is 29.0 Å². The van der Waals surface area contributed by atoms with Crippen LogP contribution in [0.15, 0.2) is 85.2 Å². The number of H-pyrrole nitrogens is 1. The lowest BCUT2D eigenvalue weighted by molar-refractivity contribution is -0.124. The number of hydrogen-bond acceptors (Lipinski definition) is 8. The molecule has 0 fully saturated rings. The molecule has 39 heavy (non-hydrogen) atoms. The molecule has 0 radical (unpaired) electrons. The predicted molar refractivity (Wildman–Crippen MR) is 141 cm³/mol. The van der Waals surface area contributed by atoms with Gasteiger partial charge in [0.1, 0.15) is 18.5 Å². The number of nitrogens with one attached hydrogen (secondary N) is 3. The number of hydrogen-bond donors (Lipinski definition) is 3. The van der Waals surface area contributed by atoms with Crippen LogP contribution in [0.4, 0.5) is 0 Å². The van der Waals surface area contributed by atoms with Gasteiger partial charge in [-0.25, -0.2) is 9.78 Å². The molecule has 5 aromatic rings. The maximum absolute atomic E-state index is 13.6. The fourth-order valence-electron chi connectivity index (χ4n) is 4.04. The predicted octanol–water partition coefficient (Wildman–Crippen LogP) is 2.41. The van der Waals surface area contributed by atoms with E-state index < -0.39 is 18.1 Å². The van der Waals surface area contributed by atoms with Gasteiger partial charge in [-0.05, 0) is 56.2 Å². The monoisotopic (exact) mass is 542 g/mol. The summed E-state index contributed by atoms with van der Waals surface area (Å²) in [7, 11) is 0. The highest BCUT2D eigenvalue weighted by molar-refractivity contribution is 6.30. The summed E-state index contributed by atoms with van der Waals surface area (Å²) in [6.07, 6.45) is 1.46. The van der Waals surface area contributed by atoms with E-state index in [0.717, 1.165) is 16.7 Å². The first-order valence-electron chi connectivity index (χ1n) is 12.0. The number of aromatic nitrogens is 8. The molecule has 0 spiro atoms. The molecule has 13 heteroatoms. The molecule has 3 N–H and O–H groups in total. The lowest BCUT2D eigenvalue weighted by Gasteiger charge is -2.23. The van der Waals surface area contributed by atoms with Crippen LogP contribution >= 0.6 is 11.6 Å². The molecule has 2 amide bonds. The number of benzene rings is 3. The Morgan fingerprint density at radius 2 is 1.69 bits per heavy atom. The van der Waals surface area contributed by atoms with Crippen molar-refractivity contribution >= 4 is 23.4 Å². The van der Waals surface area contributed by atoms with Crippen molar-refractivity contribution in [2.75, 3.05) is 0 Å². The number of carbonyl (C=O) groups is 2. The van der Waals surface area contributed by atoms with E-state index in [1.807, 2.05) is 48.5 Å². The lowest BCUT2D eigenvalue weighted by Crippen LogP contribution is -2.50. The Labute approximate surface area is 227 Å². The van der Waals surface area contributed by atoms with Gasteiger partial charge in [-0.2, -0.15) is 0 Å². The fraction of sp³-hybridized carbons (Fsp3) is 0.154. The van der Waals surface area contributed by atoms with E-state index in [2.05, 4.69) is 46.8 Å². The van der Waals surface area contributed by atoms with E-state index in [1.165, 1.54) is 11.0 Å². The summed E-state index contributed by atoms with van der Waals surface area (Å²) in [6, 6.07) is 22.6. The Balaban J connectivity index is 1.35. The van der Waals surface area contributed by atoms with Crippen molar-refractivity contribution < 1.29 is 9.59 Å². The molecular formula is C26H23ClN10O2. The van der Waals surface area contributed by atoms with Crippen LogP contribution in [0.5, 0.6) is 0 Å².